The minimum Gasteiger partial charge on any atom is -0.875 e. The minimum absolute atomic E-state index is 0. The van der Waals surface area contributed by atoms with E-state index in [2.05, 4.69) is 278 Å². The molecule has 17 rings (SSSR count). The van der Waals surface area contributed by atoms with Gasteiger partial charge in [0.05, 0.1) is 35.8 Å². The molecule has 0 atom stereocenters. The molecule has 0 spiro atoms. The van der Waals surface area contributed by atoms with Gasteiger partial charge in [0.25, 0.3) is 0 Å². The largest absolute Gasteiger partial charge is 3.00 e. The van der Waals surface area contributed by atoms with Gasteiger partial charge in [-0.3, -0.25) is 9.71 Å². The molecule has 1 aliphatic rings. The standard InChI is InChI=1S/C23H20N3.C16H15N2S.C15H20N3.C13H12N5.C13H10N3O.C11H11N3O3S.6Ga/c1-18-9-8-10-19(15-18)22-16-24-23(25-22)17-26(20-11-4-2-5-12-20)21-13-6-3-7-14-21;1-2-19-11-16-17-10-15(18-16)14-9-5-7-12-6-3-4-8-13(12)14;1-4-18(5-2)11-15-16-10-14(17-15)13-8-6-7-12(3)9-13;1-9-7-10(2)18(17-9)13-15-8-12(16-13)11-5-3-4-6-14-11;1-9-2-4-10(5-3-9)11-8-15-12(16-11)13-14-6-7-17-13;1-18(16,17)14-9-5-3-2-4-8(9)10-6-12-11(7-15)13-10;;;;;;/h2-16H,17H2,1H3;3-10H,2,11H2,1H3;6-10H,4-5,11H2,1-3H3;3-8H,1-2H3;2-8H,1H3;2-7,14-15H,1H3;;;;;;/q5*-1;;6*+3/p-1. The summed E-state index contributed by atoms with van der Waals surface area (Å²) in [6.45, 7) is 20.2. The Labute approximate surface area is 795 Å². The van der Waals surface area contributed by atoms with Crippen molar-refractivity contribution in [3.63, 3.8) is 0 Å². The van der Waals surface area contributed by atoms with Gasteiger partial charge < -0.3 is 73.8 Å². The van der Waals surface area contributed by atoms with E-state index >= 15 is 0 Å². The van der Waals surface area contributed by atoms with Gasteiger partial charge in [0.15, 0.2) is 0 Å². The number of para-hydroxylation sites is 3. The van der Waals surface area contributed by atoms with E-state index in [1.807, 2.05) is 92.7 Å². The Morgan fingerprint density at radius 2 is 1.07 bits per heavy atom. The molecule has 0 saturated carbocycles. The van der Waals surface area contributed by atoms with Crippen LogP contribution in [0.25, 0.3) is 84.9 Å². The van der Waals surface area contributed by atoms with Crippen LogP contribution in [0.2, 0.25) is 0 Å². The van der Waals surface area contributed by atoms with E-state index in [0.717, 1.165) is 128 Å². The molecule has 0 unspecified atom stereocenters. The fourth-order valence-corrected chi connectivity index (χ4v) is 13.3. The van der Waals surface area contributed by atoms with Gasteiger partial charge in [0.2, 0.25) is 15.9 Å². The van der Waals surface area contributed by atoms with Crippen LogP contribution in [0.5, 0.6) is 0 Å². The predicted octanol–water partition coefficient (Wildman–Crippen LogP) is 14.7. The fourth-order valence-electron chi connectivity index (χ4n) is 12.2. The van der Waals surface area contributed by atoms with Gasteiger partial charge in [-0.2, -0.15) is 11.8 Å². The number of fused-ring (bicyclic) bond motifs is 1. The number of thioether (sulfide) groups is 1. The summed E-state index contributed by atoms with van der Waals surface area (Å²) in [5.41, 5.74) is 19.1. The molecule has 0 amide bonds. The first kappa shape index (κ1) is 101. The maximum Gasteiger partial charge on any atom is 3.00 e. The number of benzene rings is 8. The summed E-state index contributed by atoms with van der Waals surface area (Å²) in [6.07, 6.45) is 16.9. The first-order valence-electron chi connectivity index (χ1n) is 37.7. The van der Waals surface area contributed by atoms with Crippen LogP contribution in [0.4, 0.5) is 17.1 Å². The zero-order valence-corrected chi connectivity index (χ0v) is 85.5. The van der Waals surface area contributed by atoms with Crippen LogP contribution in [0.1, 0.15) is 71.9 Å². The second kappa shape index (κ2) is 50.7. The Morgan fingerprint density at radius 3 is 1.65 bits per heavy atom. The number of nitrogens with zero attached hydrogens (tertiary/aromatic N) is 18. The molecule has 588 valence electrons. The van der Waals surface area contributed by atoms with Crippen LogP contribution in [0.3, 0.4) is 0 Å². The summed E-state index contributed by atoms with van der Waals surface area (Å²) in [4.78, 5) is 65.3. The number of imidazole rings is 5. The quantitative estimate of drug-likeness (QED) is 0.0516. The van der Waals surface area contributed by atoms with Gasteiger partial charge in [-0.1, -0.05) is 256 Å². The number of hydrogen-bond donors (Lipinski definition) is 1. The number of aromatic nitrogens is 14. The smallest absolute Gasteiger partial charge is 0.875 e. The number of nitrogens with one attached hydrogen (secondary N) is 1. The van der Waals surface area contributed by atoms with Crippen molar-refractivity contribution < 1.29 is 17.9 Å². The van der Waals surface area contributed by atoms with Crippen molar-refractivity contribution in [2.75, 3.05) is 34.7 Å². The summed E-state index contributed by atoms with van der Waals surface area (Å²) < 4.78 is 31.8. The molecular formula is C91H87Ga6N19O4S2+12. The monoisotopic (exact) mass is 1990 g/mol. The number of sulfonamides is 1. The summed E-state index contributed by atoms with van der Waals surface area (Å²) in [5.74, 6) is 6.26. The Balaban J connectivity index is 0.000000226. The van der Waals surface area contributed by atoms with Crippen molar-refractivity contribution in [1.29, 1.82) is 0 Å². The van der Waals surface area contributed by atoms with Crippen molar-refractivity contribution in [1.82, 2.24) is 74.5 Å². The van der Waals surface area contributed by atoms with Crippen molar-refractivity contribution in [3.05, 3.63) is 337 Å². The topological polar surface area (TPSA) is 292 Å². The zero-order chi connectivity index (χ0) is 81.2. The molecule has 122 heavy (non-hydrogen) atoms. The van der Waals surface area contributed by atoms with Crippen molar-refractivity contribution in [2.45, 2.75) is 74.2 Å². The predicted molar refractivity (Wildman–Crippen MR) is 496 cm³/mol. The molecule has 1 aliphatic heterocycles. The van der Waals surface area contributed by atoms with E-state index in [4.69, 9.17) is 9.40 Å². The molecule has 23 nitrogen and oxygen atoms in total. The molecule has 31 heteroatoms. The molecular weight excluding hydrogens is 1910 g/mol. The third-order valence-electron chi connectivity index (χ3n) is 17.9. The maximum atomic E-state index is 11.2. The fraction of sp³-hybridized carbons (Fsp3) is 0.165. The molecule has 0 fully saturated rings. The normalized spacial score (nSPS) is 11.2. The van der Waals surface area contributed by atoms with Crippen LogP contribution in [-0.4, -0.2) is 214 Å². The molecule has 1 N–H and O–H groups in total. The summed E-state index contributed by atoms with van der Waals surface area (Å²) >= 11 is 1.85. The molecule has 0 radical (unpaired) electrons. The van der Waals surface area contributed by atoms with Crippen LogP contribution in [-0.2, 0) is 28.9 Å². The average Bonchev–Trinajstić information content (AvgIpc) is 1.18. The average molecular weight is 1990 g/mol. The maximum absolute atomic E-state index is 11.2. The van der Waals surface area contributed by atoms with Crippen LogP contribution in [0.15, 0.2) is 301 Å². The molecule has 0 saturated heterocycles. The summed E-state index contributed by atoms with van der Waals surface area (Å²) in [5, 5.41) is 17.4. The van der Waals surface area contributed by atoms with E-state index in [-0.39, 0.29) is 125 Å². The second-order valence-electron chi connectivity index (χ2n) is 26.7. The van der Waals surface area contributed by atoms with E-state index in [0.29, 0.717) is 47.4 Å². The van der Waals surface area contributed by atoms with E-state index in [1.54, 1.807) is 53.7 Å². The Hall–Kier alpha value is -9.80. The number of hydrogen-bond acceptors (Lipinski definition) is 17. The molecule has 16 aromatic rings. The van der Waals surface area contributed by atoms with E-state index < -0.39 is 10.0 Å². The van der Waals surface area contributed by atoms with Gasteiger partial charge in [0, 0.05) is 65.1 Å². The van der Waals surface area contributed by atoms with E-state index in [1.165, 1.54) is 45.5 Å². The number of rotatable bonds is 21. The minimum atomic E-state index is -3.37. The molecule has 0 bridgehead atoms. The Kier molecular flexibility index (Phi) is 42.0. The zero-order valence-electron chi connectivity index (χ0n) is 69.3. The molecule has 9 heterocycles. The van der Waals surface area contributed by atoms with Gasteiger partial charge in [0.1, 0.15) is 12.1 Å². The second-order valence-corrected chi connectivity index (χ2v) is 29.7. The van der Waals surface area contributed by atoms with E-state index in [9.17, 15) is 13.5 Å². The van der Waals surface area contributed by atoms with Crippen LogP contribution < -0.4 is 39.6 Å². The summed E-state index contributed by atoms with van der Waals surface area (Å²) in [6, 6.07) is 74.8. The third kappa shape index (κ3) is 29.2. The first-order valence-corrected chi connectivity index (χ1v) is 40.7. The molecule has 0 aliphatic carbocycles. The van der Waals surface area contributed by atoms with Crippen molar-refractivity contribution in [2.24, 2.45) is 9.98 Å². The van der Waals surface area contributed by atoms with Gasteiger partial charge >= 0.3 is 119 Å². The van der Waals surface area contributed by atoms with Crippen LogP contribution >= 0.6 is 11.8 Å². The number of anilines is 3. The molecule has 8 aromatic heterocycles. The number of aryl methyl sites for hydroxylation is 5. The Bertz CT molecular complexity index is 5970. The van der Waals surface area contributed by atoms with Gasteiger partial charge in [-0.15, -0.1) is 6.26 Å². The molecule has 8 aromatic carbocycles. The van der Waals surface area contributed by atoms with Crippen molar-refractivity contribution in [3.8, 4) is 74.1 Å². The summed E-state index contributed by atoms with van der Waals surface area (Å²) in [7, 11) is -3.37. The third-order valence-corrected chi connectivity index (χ3v) is 19.4. The van der Waals surface area contributed by atoms with Crippen LogP contribution in [0, 0.1) is 34.6 Å². The number of aliphatic imine (C=N–C) groups is 2. The first-order chi connectivity index (χ1) is 56.5. The number of oxazole rings is 1. The van der Waals surface area contributed by atoms with Crippen molar-refractivity contribution >= 4 is 180 Å². The Morgan fingerprint density at radius 1 is 0.508 bits per heavy atom. The number of pyridine rings is 1. The van der Waals surface area contributed by atoms with Gasteiger partial charge in [-0.05, 0) is 170 Å². The SMILES string of the molecule is CCN(CC)Cc1nc(-c2cccc(C)c2)c[n-]1.CCSCc1nc(-c2cccc3ccccc23)c[n-]1.CS(=O)(=O)Nc1ccccc1C1=NC(=C[O-])N=C1.Cc1cc(C)n(-c2nc(-c3ccccn3)c[n-]2)n1.Cc1ccc(-c2c[n-]c(-c3ncco3)n2)cc1.Cc1cccc(-c2c[n-]c(CN(c3ccccc3)c3ccccc3)n2)c1.[Ga+3].[Ga+3].[Ga+3].[Ga+3].[Ga+3].[Ga+3]. The van der Waals surface area contributed by atoms with Gasteiger partial charge in [-0.25, -0.2) is 28.5 Å².